The van der Waals surface area contributed by atoms with Crippen molar-refractivity contribution in [3.8, 4) is 17.2 Å². The minimum Gasteiger partial charge on any atom is -0.487 e. The molecule has 0 fully saturated rings. The van der Waals surface area contributed by atoms with Gasteiger partial charge >= 0.3 is 0 Å². The SMILES string of the molecule is CCN(CC)CC(=O)N1CCOCCOc2ccccc2Oc2ccc(Cl)cc2NC(=O)C1. The van der Waals surface area contributed by atoms with Crippen molar-refractivity contribution < 1.29 is 23.8 Å². The fourth-order valence-electron chi connectivity index (χ4n) is 3.34. The molecule has 0 bridgehead atoms. The van der Waals surface area contributed by atoms with Crippen molar-refractivity contribution in [3.63, 3.8) is 0 Å². The van der Waals surface area contributed by atoms with Crippen LogP contribution in [0.4, 0.5) is 5.69 Å². The third-order valence-corrected chi connectivity index (χ3v) is 5.45. The number of nitrogens with one attached hydrogen (secondary N) is 1. The Morgan fingerprint density at radius 2 is 1.82 bits per heavy atom. The molecule has 1 N–H and O–H groups in total. The number of carbonyl (C=O) groups is 2. The minimum absolute atomic E-state index is 0.109. The number of fused-ring (bicyclic) bond motifs is 2. The molecule has 0 unspecified atom stereocenters. The normalized spacial score (nSPS) is 15.3. The molecule has 8 nitrogen and oxygen atoms in total. The third kappa shape index (κ3) is 7.35. The highest BCUT2D eigenvalue weighted by atomic mass is 35.5. The van der Waals surface area contributed by atoms with Gasteiger partial charge in [0.2, 0.25) is 11.8 Å². The van der Waals surface area contributed by atoms with Gasteiger partial charge in [0.1, 0.15) is 6.61 Å². The van der Waals surface area contributed by atoms with E-state index in [-0.39, 0.29) is 24.9 Å². The van der Waals surface area contributed by atoms with Gasteiger partial charge in [-0.1, -0.05) is 37.6 Å². The number of hydrogen-bond donors (Lipinski definition) is 1. The van der Waals surface area contributed by atoms with Crippen LogP contribution < -0.4 is 14.8 Å². The van der Waals surface area contributed by atoms with Gasteiger partial charge in [-0.15, -0.1) is 0 Å². The summed E-state index contributed by atoms with van der Waals surface area (Å²) in [7, 11) is 0. The van der Waals surface area contributed by atoms with E-state index in [4.69, 9.17) is 25.8 Å². The number of ether oxygens (including phenoxy) is 3. The number of halogens is 1. The molecule has 0 spiro atoms. The summed E-state index contributed by atoms with van der Waals surface area (Å²) >= 11 is 6.17. The zero-order chi connectivity index (χ0) is 23.6. The summed E-state index contributed by atoms with van der Waals surface area (Å²) in [5.41, 5.74) is 0.407. The summed E-state index contributed by atoms with van der Waals surface area (Å²) in [4.78, 5) is 29.3. The smallest absolute Gasteiger partial charge is 0.244 e. The summed E-state index contributed by atoms with van der Waals surface area (Å²) in [6.45, 7) is 6.87. The van der Waals surface area contributed by atoms with Gasteiger partial charge in [-0.05, 0) is 43.4 Å². The zero-order valence-corrected chi connectivity index (χ0v) is 19.8. The first-order chi connectivity index (χ1) is 16.0. The predicted molar refractivity (Wildman–Crippen MR) is 127 cm³/mol. The number of carbonyl (C=O) groups excluding carboxylic acids is 2. The molecule has 0 atom stereocenters. The number of amides is 2. The van der Waals surface area contributed by atoms with E-state index in [9.17, 15) is 9.59 Å². The van der Waals surface area contributed by atoms with Crippen molar-refractivity contribution in [3.05, 3.63) is 47.5 Å². The molecular weight excluding hydrogens is 446 g/mol. The molecule has 0 aromatic heterocycles. The fourth-order valence-corrected chi connectivity index (χ4v) is 3.51. The fraction of sp³-hybridized carbons (Fsp3) is 0.417. The highest BCUT2D eigenvalue weighted by Gasteiger charge is 2.21. The number of anilines is 1. The second-order valence-corrected chi connectivity index (χ2v) is 7.91. The minimum atomic E-state index is -0.352. The van der Waals surface area contributed by atoms with Crippen LogP contribution in [0.5, 0.6) is 17.2 Å². The Hall–Kier alpha value is -2.81. The van der Waals surface area contributed by atoms with Gasteiger partial charge in [-0.2, -0.15) is 0 Å². The molecule has 2 amide bonds. The first kappa shape index (κ1) is 24.8. The molecule has 3 rings (SSSR count). The molecule has 0 aliphatic carbocycles. The van der Waals surface area contributed by atoms with Gasteiger partial charge in [0, 0.05) is 11.6 Å². The molecule has 0 saturated carbocycles. The highest BCUT2D eigenvalue weighted by Crippen LogP contribution is 2.36. The van der Waals surface area contributed by atoms with Gasteiger partial charge in [-0.3, -0.25) is 14.5 Å². The van der Waals surface area contributed by atoms with E-state index in [0.717, 1.165) is 13.1 Å². The first-order valence-corrected chi connectivity index (χ1v) is 11.4. The lowest BCUT2D eigenvalue weighted by molar-refractivity contribution is -0.136. The molecule has 0 radical (unpaired) electrons. The van der Waals surface area contributed by atoms with Crippen LogP contribution in [0.1, 0.15) is 13.8 Å². The molecule has 2 aromatic rings. The Balaban J connectivity index is 1.84. The zero-order valence-electron chi connectivity index (χ0n) is 19.0. The number of hydrogen-bond acceptors (Lipinski definition) is 6. The van der Waals surface area contributed by atoms with Crippen LogP contribution in [0.15, 0.2) is 42.5 Å². The van der Waals surface area contributed by atoms with Crippen LogP contribution in [-0.4, -0.2) is 74.2 Å². The van der Waals surface area contributed by atoms with Crippen molar-refractivity contribution in [2.24, 2.45) is 0 Å². The van der Waals surface area contributed by atoms with E-state index < -0.39 is 0 Å². The molecular formula is C24H30ClN3O5. The summed E-state index contributed by atoms with van der Waals surface area (Å²) in [5, 5.41) is 3.28. The number of rotatable bonds is 4. The molecule has 2 aromatic carbocycles. The van der Waals surface area contributed by atoms with E-state index >= 15 is 0 Å². The van der Waals surface area contributed by atoms with Crippen LogP contribution >= 0.6 is 11.6 Å². The lowest BCUT2D eigenvalue weighted by Gasteiger charge is -2.26. The van der Waals surface area contributed by atoms with Crippen molar-refractivity contribution >= 4 is 29.1 Å². The molecule has 0 saturated heterocycles. The van der Waals surface area contributed by atoms with Gasteiger partial charge in [0.05, 0.1) is 32.0 Å². The van der Waals surface area contributed by atoms with Crippen LogP contribution in [0, 0.1) is 0 Å². The van der Waals surface area contributed by atoms with Crippen LogP contribution in [-0.2, 0) is 14.3 Å². The molecule has 178 valence electrons. The van der Waals surface area contributed by atoms with Crippen LogP contribution in [0.25, 0.3) is 0 Å². The highest BCUT2D eigenvalue weighted by molar-refractivity contribution is 6.31. The summed E-state index contributed by atoms with van der Waals surface area (Å²) in [5.74, 6) is 0.985. The van der Waals surface area contributed by atoms with Gasteiger partial charge in [0.15, 0.2) is 17.2 Å². The van der Waals surface area contributed by atoms with E-state index in [1.807, 2.05) is 30.9 Å². The Kier molecular flexibility index (Phi) is 9.35. The predicted octanol–water partition coefficient (Wildman–Crippen LogP) is 3.65. The van der Waals surface area contributed by atoms with Crippen LogP contribution in [0.3, 0.4) is 0 Å². The summed E-state index contributed by atoms with van der Waals surface area (Å²) < 4.78 is 17.5. The number of nitrogens with zero attached hydrogens (tertiary/aromatic N) is 2. The van der Waals surface area contributed by atoms with Crippen molar-refractivity contribution in [1.82, 2.24) is 9.80 Å². The van der Waals surface area contributed by atoms with Crippen LogP contribution in [0.2, 0.25) is 5.02 Å². The quantitative estimate of drug-likeness (QED) is 0.727. The number of likely N-dealkylation sites (N-methyl/N-ethyl adjacent to an activating group) is 1. The lowest BCUT2D eigenvalue weighted by Crippen LogP contribution is -2.45. The molecule has 1 heterocycles. The van der Waals surface area contributed by atoms with E-state index in [0.29, 0.717) is 54.3 Å². The summed E-state index contributed by atoms with van der Waals surface area (Å²) in [6, 6.07) is 12.2. The van der Waals surface area contributed by atoms with E-state index in [1.54, 1.807) is 30.3 Å². The second kappa shape index (κ2) is 12.4. The first-order valence-electron chi connectivity index (χ1n) is 11.1. The maximum absolute atomic E-state index is 12.9. The lowest BCUT2D eigenvalue weighted by atomic mass is 10.2. The van der Waals surface area contributed by atoms with Crippen molar-refractivity contribution in [1.29, 1.82) is 0 Å². The molecule has 1 aliphatic rings. The molecule has 1 aliphatic heterocycles. The second-order valence-electron chi connectivity index (χ2n) is 7.47. The standard InChI is InChI=1S/C24H30ClN3O5/c1-3-27(4-2)17-24(30)28-11-12-31-13-14-32-21-7-5-6-8-22(21)33-20-10-9-18(25)15-19(20)26-23(29)16-28/h5-10,15H,3-4,11-14,16-17H2,1-2H3,(H,26,29). The van der Waals surface area contributed by atoms with Gasteiger partial charge in [-0.25, -0.2) is 0 Å². The Bertz CT molecular complexity index is 951. The van der Waals surface area contributed by atoms with Crippen molar-refractivity contribution in [2.75, 3.05) is 57.9 Å². The van der Waals surface area contributed by atoms with Gasteiger partial charge in [0.25, 0.3) is 0 Å². The maximum atomic E-state index is 12.9. The third-order valence-electron chi connectivity index (χ3n) is 5.22. The Labute approximate surface area is 199 Å². The summed E-state index contributed by atoms with van der Waals surface area (Å²) in [6.07, 6.45) is 0. The Morgan fingerprint density at radius 3 is 2.58 bits per heavy atom. The largest absolute Gasteiger partial charge is 0.487 e. The molecule has 33 heavy (non-hydrogen) atoms. The monoisotopic (exact) mass is 475 g/mol. The topological polar surface area (TPSA) is 80.3 Å². The number of para-hydroxylation sites is 2. The van der Waals surface area contributed by atoms with Gasteiger partial charge < -0.3 is 24.4 Å². The van der Waals surface area contributed by atoms with Crippen molar-refractivity contribution in [2.45, 2.75) is 13.8 Å². The number of benzene rings is 2. The molecule has 9 heteroatoms. The Morgan fingerprint density at radius 1 is 1.06 bits per heavy atom. The average molecular weight is 476 g/mol. The maximum Gasteiger partial charge on any atom is 0.244 e. The van der Waals surface area contributed by atoms with E-state index in [1.165, 1.54) is 4.90 Å². The average Bonchev–Trinajstić information content (AvgIpc) is 2.81. The van der Waals surface area contributed by atoms with E-state index in [2.05, 4.69) is 5.32 Å².